The Balaban J connectivity index is 1.28. The molecule has 1 saturated heterocycles. The Bertz CT molecular complexity index is 1480. The number of benzene rings is 2. The lowest BCUT2D eigenvalue weighted by molar-refractivity contribution is -0.160. The molecule has 3 aromatic rings. The average Bonchev–Trinajstić information content (AvgIpc) is 3.67. The number of ether oxygens (including phenoxy) is 1. The Kier molecular flexibility index (Phi) is 8.13. The van der Waals surface area contributed by atoms with Crippen LogP contribution in [-0.2, 0) is 20.9 Å². The summed E-state index contributed by atoms with van der Waals surface area (Å²) in [7, 11) is 0. The molecule has 0 radical (unpaired) electrons. The summed E-state index contributed by atoms with van der Waals surface area (Å²) in [4.78, 5) is 43.2. The quantitative estimate of drug-likeness (QED) is 0.262. The van der Waals surface area contributed by atoms with E-state index in [4.69, 9.17) is 11.1 Å². The van der Waals surface area contributed by atoms with E-state index in [0.29, 0.717) is 11.1 Å². The summed E-state index contributed by atoms with van der Waals surface area (Å²) in [6, 6.07) is 15.4. The van der Waals surface area contributed by atoms with Gasteiger partial charge in [0.2, 0.25) is 11.8 Å². The molecule has 1 fully saturated rings. The molecule has 0 bridgehead atoms. The number of nitrogens with two attached hydrogens (primary N) is 1. The van der Waals surface area contributed by atoms with Crippen LogP contribution in [0.2, 0.25) is 0 Å². The number of hydrogen-bond donors (Lipinski definition) is 3. The number of amidine groups is 1. The zero-order chi connectivity index (χ0) is 29.3. The summed E-state index contributed by atoms with van der Waals surface area (Å²) in [5.74, 6) is -1.45. The SMILES string of the molecule is CC(NC(=O)[C@@H]1C[C@@H](OC(F)F)CN1C(=O)CN1Cc2cc(-c3ccccc3)ccc2C1=O)c1cc(C(=N)N)cs1. The number of amides is 3. The van der Waals surface area contributed by atoms with Crippen LogP contribution in [0.25, 0.3) is 11.1 Å². The number of nitrogen functional groups attached to an aromatic ring is 1. The van der Waals surface area contributed by atoms with Crippen molar-refractivity contribution in [2.45, 2.75) is 44.7 Å². The first-order chi connectivity index (χ1) is 19.6. The first-order valence-corrected chi connectivity index (χ1v) is 13.9. The predicted molar refractivity (Wildman–Crippen MR) is 150 cm³/mol. The van der Waals surface area contributed by atoms with Crippen molar-refractivity contribution in [3.8, 4) is 11.1 Å². The van der Waals surface area contributed by atoms with Crippen LogP contribution in [0.4, 0.5) is 8.78 Å². The number of halogens is 2. The zero-order valence-electron chi connectivity index (χ0n) is 22.2. The highest BCUT2D eigenvalue weighted by molar-refractivity contribution is 7.10. The second kappa shape index (κ2) is 11.8. The minimum absolute atomic E-state index is 0.0968. The first kappa shape index (κ1) is 28.4. The molecule has 4 N–H and O–H groups in total. The van der Waals surface area contributed by atoms with Gasteiger partial charge in [-0.15, -0.1) is 11.3 Å². The monoisotopic (exact) mass is 581 g/mol. The van der Waals surface area contributed by atoms with E-state index in [1.807, 2.05) is 42.5 Å². The molecule has 2 aliphatic heterocycles. The van der Waals surface area contributed by atoms with E-state index in [1.54, 1.807) is 24.4 Å². The molecule has 3 amide bonds. The van der Waals surface area contributed by atoms with E-state index in [-0.39, 0.29) is 37.8 Å². The molecule has 3 heterocycles. The number of carbonyl (C=O) groups excluding carboxylic acids is 3. The summed E-state index contributed by atoms with van der Waals surface area (Å²) < 4.78 is 30.7. The fourth-order valence-corrected chi connectivity index (χ4v) is 6.16. The molecular weight excluding hydrogens is 552 g/mol. The van der Waals surface area contributed by atoms with Gasteiger partial charge in [0.15, 0.2) is 0 Å². The Morgan fingerprint density at radius 1 is 1.17 bits per heavy atom. The first-order valence-electron chi connectivity index (χ1n) is 13.0. The van der Waals surface area contributed by atoms with Crippen LogP contribution in [0.3, 0.4) is 0 Å². The maximum absolute atomic E-state index is 13.4. The molecule has 12 heteroatoms. The van der Waals surface area contributed by atoms with Crippen molar-refractivity contribution in [3.63, 3.8) is 0 Å². The van der Waals surface area contributed by atoms with E-state index >= 15 is 0 Å². The standard InChI is InChI=1S/C29H29F2N5O4S/c1-16(24-10-20(15-41-24)26(32)33)34-27(38)23-11-21(40-29(30)31)13-36(23)25(37)14-35-12-19-9-18(7-8-22(19)28(35)39)17-5-3-2-4-6-17/h2-10,15-16,21,23,29H,11-14H2,1H3,(H3,32,33)(H,34,38)/t16?,21-,23+/m1/s1. The van der Waals surface area contributed by atoms with Crippen LogP contribution in [0.5, 0.6) is 0 Å². The number of fused-ring (bicyclic) bond motifs is 1. The molecular formula is C29H29F2N5O4S. The van der Waals surface area contributed by atoms with Crippen molar-refractivity contribution < 1.29 is 27.9 Å². The summed E-state index contributed by atoms with van der Waals surface area (Å²) >= 11 is 1.32. The van der Waals surface area contributed by atoms with Gasteiger partial charge >= 0.3 is 6.61 Å². The molecule has 0 saturated carbocycles. The fourth-order valence-electron chi connectivity index (χ4n) is 5.24. The summed E-state index contributed by atoms with van der Waals surface area (Å²) in [5.41, 5.74) is 9.30. The number of alkyl halides is 2. The number of hydrogen-bond acceptors (Lipinski definition) is 6. The molecule has 2 aliphatic rings. The molecule has 3 atom stereocenters. The molecule has 214 valence electrons. The minimum Gasteiger partial charge on any atom is -0.384 e. The normalized spacial score (nSPS) is 19.0. The molecule has 1 aromatic heterocycles. The van der Waals surface area contributed by atoms with Crippen molar-refractivity contribution in [2.24, 2.45) is 5.73 Å². The summed E-state index contributed by atoms with van der Waals surface area (Å²) in [6.07, 6.45) is -1.14. The number of rotatable bonds is 9. The van der Waals surface area contributed by atoms with Gasteiger partial charge in [-0.3, -0.25) is 19.8 Å². The van der Waals surface area contributed by atoms with E-state index < -0.39 is 36.6 Å². The maximum atomic E-state index is 13.4. The van der Waals surface area contributed by atoms with Gasteiger partial charge in [0, 0.05) is 40.9 Å². The highest BCUT2D eigenvalue weighted by Gasteiger charge is 2.42. The Hall–Kier alpha value is -4.16. The third-order valence-electron chi connectivity index (χ3n) is 7.31. The molecule has 1 unspecified atom stereocenters. The molecule has 0 aliphatic carbocycles. The van der Waals surface area contributed by atoms with Crippen LogP contribution < -0.4 is 11.1 Å². The largest absolute Gasteiger partial charge is 0.384 e. The minimum atomic E-state index is -3.05. The zero-order valence-corrected chi connectivity index (χ0v) is 23.0. The third kappa shape index (κ3) is 6.13. The van der Waals surface area contributed by atoms with Crippen LogP contribution in [0, 0.1) is 5.41 Å². The number of nitrogens with zero attached hydrogens (tertiary/aromatic N) is 2. The highest BCUT2D eigenvalue weighted by atomic mass is 32.1. The van der Waals surface area contributed by atoms with E-state index in [1.165, 1.54) is 21.1 Å². The van der Waals surface area contributed by atoms with Gasteiger partial charge in [0.1, 0.15) is 18.4 Å². The average molecular weight is 582 g/mol. The van der Waals surface area contributed by atoms with E-state index in [0.717, 1.165) is 21.6 Å². The number of thiophene rings is 1. The summed E-state index contributed by atoms with van der Waals surface area (Å²) in [6.45, 7) is -1.60. The topological polar surface area (TPSA) is 129 Å². The van der Waals surface area contributed by atoms with Gasteiger partial charge in [-0.1, -0.05) is 36.4 Å². The van der Waals surface area contributed by atoms with Gasteiger partial charge in [0.25, 0.3) is 5.91 Å². The maximum Gasteiger partial charge on any atom is 0.345 e. The van der Waals surface area contributed by atoms with E-state index in [2.05, 4.69) is 10.1 Å². The second-order valence-electron chi connectivity index (χ2n) is 10.1. The van der Waals surface area contributed by atoms with Crippen molar-refractivity contribution in [3.05, 3.63) is 81.5 Å². The van der Waals surface area contributed by atoms with Crippen molar-refractivity contribution in [1.29, 1.82) is 5.41 Å². The van der Waals surface area contributed by atoms with Crippen LogP contribution in [0.1, 0.15) is 45.7 Å². The Labute approximate surface area is 239 Å². The van der Waals surface area contributed by atoms with Gasteiger partial charge in [0.05, 0.1) is 12.1 Å². The number of likely N-dealkylation sites (tertiary alicyclic amines) is 1. The molecule has 5 rings (SSSR count). The van der Waals surface area contributed by atoms with Crippen LogP contribution >= 0.6 is 11.3 Å². The second-order valence-corrected chi connectivity index (χ2v) is 11.0. The Morgan fingerprint density at radius 2 is 1.93 bits per heavy atom. The van der Waals surface area contributed by atoms with Gasteiger partial charge < -0.3 is 25.6 Å². The van der Waals surface area contributed by atoms with Gasteiger partial charge in [-0.2, -0.15) is 8.78 Å². The molecule has 0 spiro atoms. The third-order valence-corrected chi connectivity index (χ3v) is 8.43. The van der Waals surface area contributed by atoms with Crippen molar-refractivity contribution in [2.75, 3.05) is 13.1 Å². The fraction of sp³-hybridized carbons (Fsp3) is 0.310. The smallest absolute Gasteiger partial charge is 0.345 e. The molecule has 41 heavy (non-hydrogen) atoms. The van der Waals surface area contributed by atoms with Crippen molar-refractivity contribution in [1.82, 2.24) is 15.1 Å². The lowest BCUT2D eigenvalue weighted by atomic mass is 10.0. The van der Waals surface area contributed by atoms with Crippen molar-refractivity contribution >= 4 is 34.9 Å². The lowest BCUT2D eigenvalue weighted by Gasteiger charge is -2.27. The summed E-state index contributed by atoms with van der Waals surface area (Å²) in [5, 5.41) is 12.1. The van der Waals surface area contributed by atoms with Crippen LogP contribution in [-0.4, -0.2) is 65.2 Å². The lowest BCUT2D eigenvalue weighted by Crippen LogP contribution is -2.49. The predicted octanol–water partition coefficient (Wildman–Crippen LogP) is 3.74. The molecule has 2 aromatic carbocycles. The van der Waals surface area contributed by atoms with Gasteiger partial charge in [-0.05, 0) is 41.8 Å². The number of carbonyl (C=O) groups is 3. The Morgan fingerprint density at radius 3 is 2.61 bits per heavy atom. The highest BCUT2D eigenvalue weighted by Crippen LogP contribution is 2.30. The van der Waals surface area contributed by atoms with E-state index in [9.17, 15) is 23.2 Å². The molecule has 9 nitrogen and oxygen atoms in total. The van der Waals surface area contributed by atoms with Gasteiger partial charge in [-0.25, -0.2) is 0 Å². The van der Waals surface area contributed by atoms with Crippen LogP contribution in [0.15, 0.2) is 60.0 Å². The number of nitrogens with one attached hydrogen (secondary N) is 2.